The number of hydrogen-bond donors (Lipinski definition) is 0. The van der Waals surface area contributed by atoms with E-state index in [4.69, 9.17) is 0 Å². The zero-order chi connectivity index (χ0) is 11.5. The lowest BCUT2D eigenvalue weighted by atomic mass is 10.9. The molecule has 2 aromatic rings. The number of thioether (sulfide) groups is 1. The van der Waals surface area contributed by atoms with Crippen molar-refractivity contribution in [2.24, 2.45) is 0 Å². The number of rotatable bonds is 4. The molecule has 84 valence electrons. The summed E-state index contributed by atoms with van der Waals surface area (Å²) in [5, 5.41) is 18.4. The molecule has 0 saturated heterocycles. The lowest BCUT2D eigenvalue weighted by molar-refractivity contribution is -0.380. The Morgan fingerprint density at radius 1 is 1.31 bits per heavy atom. The smallest absolute Gasteiger partial charge is 0.257 e. The summed E-state index contributed by atoms with van der Waals surface area (Å²) >= 11 is 5.30. The van der Waals surface area contributed by atoms with E-state index < -0.39 is 4.92 Å². The average molecular weight is 292 g/mol. The third kappa shape index (κ3) is 2.70. The van der Waals surface area contributed by atoms with Crippen molar-refractivity contribution in [3.05, 3.63) is 16.3 Å². The minimum absolute atomic E-state index is 0.0390. The van der Waals surface area contributed by atoms with Crippen LogP contribution in [-0.4, -0.2) is 26.4 Å². The molecule has 0 spiro atoms. The van der Waals surface area contributed by atoms with Crippen molar-refractivity contribution in [2.45, 2.75) is 13.0 Å². The number of thiazole rings is 1. The second kappa shape index (κ2) is 5.08. The van der Waals surface area contributed by atoms with Crippen molar-refractivity contribution in [2.75, 3.05) is 6.26 Å². The van der Waals surface area contributed by atoms with Gasteiger partial charge in [-0.1, -0.05) is 23.1 Å². The van der Waals surface area contributed by atoms with Crippen LogP contribution in [0.3, 0.4) is 0 Å². The summed E-state index contributed by atoms with van der Waals surface area (Å²) < 4.78 is 2.22. The summed E-state index contributed by atoms with van der Waals surface area (Å²) in [5.74, 6) is 0. The average Bonchev–Trinajstić information content (AvgIpc) is 2.87. The highest BCUT2D eigenvalue weighted by Crippen LogP contribution is 2.36. The molecule has 0 unspecified atom stereocenters. The minimum atomic E-state index is -0.449. The Bertz CT molecular complexity index is 510. The second-order valence-electron chi connectivity index (χ2n) is 2.36. The Kier molecular flexibility index (Phi) is 3.74. The zero-order valence-electron chi connectivity index (χ0n) is 7.82. The van der Waals surface area contributed by atoms with Gasteiger partial charge < -0.3 is 0 Å². The first-order valence-corrected chi connectivity index (χ1v) is 7.52. The van der Waals surface area contributed by atoms with E-state index >= 15 is 0 Å². The summed E-state index contributed by atoms with van der Waals surface area (Å²) in [7, 11) is 0. The Morgan fingerprint density at radius 2 is 2.06 bits per heavy atom. The first-order valence-electron chi connectivity index (χ1n) is 3.84. The molecule has 0 saturated carbocycles. The molecule has 0 bridgehead atoms. The van der Waals surface area contributed by atoms with Gasteiger partial charge in [0, 0.05) is 0 Å². The van der Waals surface area contributed by atoms with Crippen molar-refractivity contribution < 1.29 is 4.92 Å². The molecule has 0 amide bonds. The quantitative estimate of drug-likeness (QED) is 0.487. The molecule has 0 aromatic carbocycles. The lowest BCUT2D eigenvalue weighted by Crippen LogP contribution is -1.80. The first-order chi connectivity index (χ1) is 7.69. The molecule has 6 nitrogen and oxygen atoms in total. The highest BCUT2D eigenvalue weighted by atomic mass is 32.2. The second-order valence-corrected chi connectivity index (χ2v) is 6.90. The largest absolute Gasteiger partial charge is 0.344 e. The Balaban J connectivity index is 2.11. The molecular weight excluding hydrogens is 288 g/mol. The van der Waals surface area contributed by atoms with Gasteiger partial charge in [0.15, 0.2) is 13.0 Å². The van der Waals surface area contributed by atoms with Crippen LogP contribution in [0, 0.1) is 10.1 Å². The van der Waals surface area contributed by atoms with Gasteiger partial charge in [0.25, 0.3) is 0 Å². The monoisotopic (exact) mass is 292 g/mol. The number of hydrogen-bond acceptors (Lipinski definition) is 9. The maximum atomic E-state index is 10.5. The fourth-order valence-corrected chi connectivity index (χ4v) is 4.20. The van der Waals surface area contributed by atoms with E-state index in [-0.39, 0.29) is 5.00 Å². The zero-order valence-corrected chi connectivity index (χ0v) is 11.1. The molecule has 0 aliphatic heterocycles. The van der Waals surface area contributed by atoms with E-state index in [1.54, 1.807) is 0 Å². The number of nitrogens with zero attached hydrogens (tertiary/aromatic N) is 4. The lowest BCUT2D eigenvalue weighted by Gasteiger charge is -1.86. The third-order valence-electron chi connectivity index (χ3n) is 1.39. The number of aromatic nitrogens is 3. The molecule has 2 aromatic heterocycles. The van der Waals surface area contributed by atoms with Crippen LogP contribution < -0.4 is 0 Å². The fourth-order valence-electron chi connectivity index (χ4n) is 0.777. The molecule has 2 heterocycles. The maximum absolute atomic E-state index is 10.5. The first kappa shape index (κ1) is 11.8. The van der Waals surface area contributed by atoms with Gasteiger partial charge in [0.05, 0.1) is 4.92 Å². The highest BCUT2D eigenvalue weighted by molar-refractivity contribution is 8.04. The molecule has 0 N–H and O–H groups in total. The van der Waals surface area contributed by atoms with E-state index in [1.165, 1.54) is 41.1 Å². The predicted molar refractivity (Wildman–Crippen MR) is 64.6 cm³/mol. The molecule has 0 fully saturated rings. The SMILES string of the molecule is CSc1nnc(Sc2ncc([N+](=O)[O-])s2)s1. The van der Waals surface area contributed by atoms with Crippen LogP contribution in [0.5, 0.6) is 0 Å². The van der Waals surface area contributed by atoms with E-state index in [1.807, 2.05) is 6.26 Å². The maximum Gasteiger partial charge on any atom is 0.344 e. The molecule has 0 atom stereocenters. The van der Waals surface area contributed by atoms with Gasteiger partial charge in [-0.05, 0) is 29.4 Å². The Hall–Kier alpha value is -0.710. The summed E-state index contributed by atoms with van der Waals surface area (Å²) in [6.07, 6.45) is 3.17. The van der Waals surface area contributed by atoms with E-state index in [0.717, 1.165) is 20.0 Å². The van der Waals surface area contributed by atoms with Gasteiger partial charge in [-0.3, -0.25) is 10.1 Å². The van der Waals surface area contributed by atoms with Crippen molar-refractivity contribution in [1.82, 2.24) is 15.2 Å². The molecule has 16 heavy (non-hydrogen) atoms. The molecule has 10 heteroatoms. The van der Waals surface area contributed by atoms with Crippen LogP contribution in [0.1, 0.15) is 0 Å². The normalized spacial score (nSPS) is 10.6. The highest BCUT2D eigenvalue weighted by Gasteiger charge is 2.14. The van der Waals surface area contributed by atoms with Crippen molar-refractivity contribution in [3.63, 3.8) is 0 Å². The predicted octanol–water partition coefficient (Wildman–Crippen LogP) is 2.78. The van der Waals surface area contributed by atoms with E-state index in [0.29, 0.717) is 4.34 Å². The van der Waals surface area contributed by atoms with Crippen molar-refractivity contribution in [1.29, 1.82) is 0 Å². The van der Waals surface area contributed by atoms with Gasteiger partial charge in [-0.15, -0.1) is 10.2 Å². The molecule has 2 rings (SSSR count). The Labute approximate surface area is 107 Å². The topological polar surface area (TPSA) is 81.8 Å². The molecular formula is C6H4N4O2S4. The van der Waals surface area contributed by atoms with Crippen LogP contribution in [0.25, 0.3) is 0 Å². The minimum Gasteiger partial charge on any atom is -0.257 e. The van der Waals surface area contributed by atoms with E-state index in [9.17, 15) is 10.1 Å². The van der Waals surface area contributed by atoms with Crippen LogP contribution in [0.15, 0.2) is 19.2 Å². The van der Waals surface area contributed by atoms with Crippen LogP contribution in [0.4, 0.5) is 5.00 Å². The van der Waals surface area contributed by atoms with Crippen molar-refractivity contribution >= 4 is 51.2 Å². The van der Waals surface area contributed by atoms with Gasteiger partial charge in [0.1, 0.15) is 6.20 Å². The van der Waals surface area contributed by atoms with Gasteiger partial charge in [0.2, 0.25) is 0 Å². The molecule has 0 radical (unpaired) electrons. The van der Waals surface area contributed by atoms with Crippen LogP contribution in [-0.2, 0) is 0 Å². The Morgan fingerprint density at radius 3 is 2.62 bits per heavy atom. The standard InChI is InChI=1S/C6H4N4O2S4/c1-13-5-8-9-6(16-5)15-4-7-2-3(14-4)10(11)12/h2H,1H3. The summed E-state index contributed by atoms with van der Waals surface area (Å²) in [6.45, 7) is 0. The fraction of sp³-hybridized carbons (Fsp3) is 0.167. The van der Waals surface area contributed by atoms with Crippen LogP contribution in [0.2, 0.25) is 0 Å². The van der Waals surface area contributed by atoms with Crippen LogP contribution >= 0.6 is 46.2 Å². The summed E-state index contributed by atoms with van der Waals surface area (Å²) in [4.78, 5) is 13.9. The van der Waals surface area contributed by atoms with Crippen molar-refractivity contribution in [3.8, 4) is 0 Å². The molecule has 0 aliphatic carbocycles. The van der Waals surface area contributed by atoms with Gasteiger partial charge in [-0.25, -0.2) is 4.98 Å². The van der Waals surface area contributed by atoms with Gasteiger partial charge in [-0.2, -0.15) is 0 Å². The third-order valence-corrected chi connectivity index (χ3v) is 5.36. The van der Waals surface area contributed by atoms with Gasteiger partial charge >= 0.3 is 5.00 Å². The van der Waals surface area contributed by atoms with E-state index in [2.05, 4.69) is 15.2 Å². The number of nitro groups is 1. The summed E-state index contributed by atoms with van der Waals surface area (Å²) in [6, 6.07) is 0. The molecule has 0 aliphatic rings. The summed E-state index contributed by atoms with van der Waals surface area (Å²) in [5.41, 5.74) is 0.